The van der Waals surface area contributed by atoms with Gasteiger partial charge in [-0.1, -0.05) is 5.16 Å². The Balaban J connectivity index is 1.41. The van der Waals surface area contributed by atoms with Gasteiger partial charge in [0.2, 0.25) is 0 Å². The maximum Gasteiger partial charge on any atom is 0.316 e. The van der Waals surface area contributed by atoms with E-state index >= 15 is 0 Å². The van der Waals surface area contributed by atoms with Crippen molar-refractivity contribution in [1.29, 1.82) is 0 Å². The summed E-state index contributed by atoms with van der Waals surface area (Å²) in [6.45, 7) is 0.652. The summed E-state index contributed by atoms with van der Waals surface area (Å²) in [5, 5.41) is 5.95. The van der Waals surface area contributed by atoms with Crippen LogP contribution in [0.15, 0.2) is 39.9 Å². The number of hydrogen-bond acceptors (Lipinski definition) is 8. The molecule has 2 heterocycles. The van der Waals surface area contributed by atoms with Crippen LogP contribution in [0.4, 0.5) is 5.82 Å². The lowest BCUT2D eigenvalue weighted by molar-refractivity contribution is -0.144. The van der Waals surface area contributed by atoms with Gasteiger partial charge in [-0.25, -0.2) is 0 Å². The lowest BCUT2D eigenvalue weighted by atomic mass is 10.3. The van der Waals surface area contributed by atoms with E-state index in [9.17, 15) is 9.59 Å². The van der Waals surface area contributed by atoms with E-state index < -0.39 is 11.9 Å². The molecule has 0 bridgehead atoms. The summed E-state index contributed by atoms with van der Waals surface area (Å²) < 4.78 is 20.4. The van der Waals surface area contributed by atoms with Crippen molar-refractivity contribution in [1.82, 2.24) is 5.16 Å². The van der Waals surface area contributed by atoms with Gasteiger partial charge in [-0.05, 0) is 18.2 Å². The molecule has 0 unspecified atom stereocenters. The number of nitrogens with zero attached hydrogens (tertiary/aromatic N) is 1. The molecule has 0 radical (unpaired) electrons. The second-order valence-electron chi connectivity index (χ2n) is 4.69. The number of nitrogens with one attached hydrogen (secondary N) is 1. The van der Waals surface area contributed by atoms with Crippen LogP contribution in [-0.4, -0.2) is 42.6 Å². The minimum atomic E-state index is -0.495. The zero-order chi connectivity index (χ0) is 16.8. The molecule has 1 amide bonds. The van der Waals surface area contributed by atoms with Gasteiger partial charge in [-0.2, -0.15) is 0 Å². The highest BCUT2D eigenvalue weighted by molar-refractivity contribution is 8.00. The number of amides is 1. The highest BCUT2D eigenvalue weighted by Crippen LogP contribution is 2.34. The fourth-order valence-corrected chi connectivity index (χ4v) is 2.62. The van der Waals surface area contributed by atoms with Crippen molar-refractivity contribution in [2.45, 2.75) is 4.90 Å². The van der Waals surface area contributed by atoms with Crippen molar-refractivity contribution in [2.24, 2.45) is 0 Å². The largest absolute Gasteiger partial charge is 0.486 e. The average molecular weight is 350 g/mol. The molecule has 0 atom stereocenters. The van der Waals surface area contributed by atoms with E-state index in [0.29, 0.717) is 24.7 Å². The van der Waals surface area contributed by atoms with E-state index in [1.165, 1.54) is 24.1 Å². The van der Waals surface area contributed by atoms with Crippen LogP contribution in [0.1, 0.15) is 0 Å². The van der Waals surface area contributed by atoms with Crippen LogP contribution in [0.2, 0.25) is 0 Å². The lowest BCUT2D eigenvalue weighted by Crippen LogP contribution is -2.21. The maximum atomic E-state index is 11.7. The molecule has 0 aliphatic carbocycles. The molecule has 1 aliphatic heterocycles. The van der Waals surface area contributed by atoms with Crippen molar-refractivity contribution < 1.29 is 28.3 Å². The molecule has 24 heavy (non-hydrogen) atoms. The van der Waals surface area contributed by atoms with Crippen LogP contribution in [0, 0.1) is 0 Å². The summed E-state index contributed by atoms with van der Waals surface area (Å²) in [5.74, 6) is 0.717. The van der Waals surface area contributed by atoms with Gasteiger partial charge in [0.25, 0.3) is 5.91 Å². The number of thioether (sulfide) groups is 1. The molecule has 1 N–H and O–H groups in total. The number of carbonyl (C=O) groups is 2. The summed E-state index contributed by atoms with van der Waals surface area (Å²) in [4.78, 5) is 24.1. The Hall–Kier alpha value is -2.68. The van der Waals surface area contributed by atoms with E-state index in [1.807, 2.05) is 12.1 Å². The van der Waals surface area contributed by atoms with Crippen molar-refractivity contribution in [3.8, 4) is 11.5 Å². The molecule has 3 rings (SSSR count). The summed E-state index contributed by atoms with van der Waals surface area (Å²) >= 11 is 1.29. The molecule has 0 spiro atoms. The van der Waals surface area contributed by atoms with Gasteiger partial charge in [-0.3, -0.25) is 9.59 Å². The van der Waals surface area contributed by atoms with Gasteiger partial charge in [0.15, 0.2) is 23.9 Å². The number of benzene rings is 1. The zero-order valence-corrected chi connectivity index (χ0v) is 13.3. The predicted molar refractivity (Wildman–Crippen MR) is 84.2 cm³/mol. The summed E-state index contributed by atoms with van der Waals surface area (Å²) in [6.07, 6.45) is 1.32. The first-order valence-corrected chi connectivity index (χ1v) is 8.07. The number of hydrogen-bond donors (Lipinski definition) is 1. The topological polar surface area (TPSA) is 99.9 Å². The van der Waals surface area contributed by atoms with E-state index in [4.69, 9.17) is 14.2 Å². The Labute approximate surface area is 141 Å². The molecule has 0 saturated carbocycles. The average Bonchev–Trinajstić information content (AvgIpc) is 3.11. The maximum absolute atomic E-state index is 11.7. The van der Waals surface area contributed by atoms with E-state index in [-0.39, 0.29) is 18.2 Å². The number of carbonyl (C=O) groups excluding carboxylic acids is 2. The lowest BCUT2D eigenvalue weighted by Gasteiger charge is -2.18. The normalized spacial score (nSPS) is 12.5. The smallest absolute Gasteiger partial charge is 0.316 e. The molecule has 9 heteroatoms. The van der Waals surface area contributed by atoms with Crippen molar-refractivity contribution in [2.75, 3.05) is 30.9 Å². The fraction of sp³-hybridized carbons (Fsp3) is 0.267. The Morgan fingerprint density at radius 3 is 2.83 bits per heavy atom. The van der Waals surface area contributed by atoms with Crippen molar-refractivity contribution in [3.63, 3.8) is 0 Å². The number of fused-ring (bicyclic) bond motifs is 1. The highest BCUT2D eigenvalue weighted by atomic mass is 32.2. The van der Waals surface area contributed by atoms with E-state index in [2.05, 4.69) is 15.0 Å². The van der Waals surface area contributed by atoms with E-state index in [0.717, 1.165) is 4.90 Å². The number of anilines is 1. The molecular formula is C15H14N2O6S. The third-order valence-corrected chi connectivity index (χ3v) is 3.91. The summed E-state index contributed by atoms with van der Waals surface area (Å²) in [7, 11) is 0. The first-order valence-electron chi connectivity index (χ1n) is 7.09. The summed E-state index contributed by atoms with van der Waals surface area (Å²) in [6, 6.07) is 6.93. The minimum absolute atomic E-state index is 0.0802. The highest BCUT2D eigenvalue weighted by Gasteiger charge is 2.13. The third-order valence-electron chi connectivity index (χ3n) is 2.94. The molecular weight excluding hydrogens is 336 g/mol. The fourth-order valence-electron chi connectivity index (χ4n) is 1.90. The quantitative estimate of drug-likeness (QED) is 0.621. The first kappa shape index (κ1) is 16.2. The van der Waals surface area contributed by atoms with Crippen LogP contribution in [0.25, 0.3) is 0 Å². The standard InChI is InChI=1S/C15H14N2O6S/c18-14(16-13-3-4-23-17-13)8-22-15(19)9-24-10-1-2-11-12(7-10)21-6-5-20-11/h1-4,7H,5-6,8-9H2,(H,16,17,18). The predicted octanol–water partition coefficient (Wildman–Crippen LogP) is 1.72. The van der Waals surface area contributed by atoms with Crippen LogP contribution in [0.5, 0.6) is 11.5 Å². The third kappa shape index (κ3) is 4.42. The Morgan fingerprint density at radius 2 is 2.04 bits per heavy atom. The number of aromatic nitrogens is 1. The molecule has 2 aromatic rings. The van der Waals surface area contributed by atoms with Gasteiger partial charge in [0, 0.05) is 11.0 Å². The van der Waals surface area contributed by atoms with Crippen LogP contribution in [0.3, 0.4) is 0 Å². The van der Waals surface area contributed by atoms with Crippen LogP contribution < -0.4 is 14.8 Å². The molecule has 0 fully saturated rings. The molecule has 126 valence electrons. The molecule has 8 nitrogen and oxygen atoms in total. The second kappa shape index (κ2) is 7.73. The molecule has 1 aliphatic rings. The molecule has 0 saturated heterocycles. The Bertz CT molecular complexity index is 719. The Kier molecular flexibility index (Phi) is 5.22. The van der Waals surface area contributed by atoms with Gasteiger partial charge in [-0.15, -0.1) is 11.8 Å². The number of ether oxygens (including phenoxy) is 3. The number of esters is 1. The van der Waals surface area contributed by atoms with E-state index in [1.54, 1.807) is 6.07 Å². The summed E-state index contributed by atoms with van der Waals surface area (Å²) in [5.41, 5.74) is 0. The van der Waals surface area contributed by atoms with Crippen LogP contribution in [-0.2, 0) is 14.3 Å². The Morgan fingerprint density at radius 1 is 1.21 bits per heavy atom. The van der Waals surface area contributed by atoms with Gasteiger partial charge in [0.05, 0.1) is 5.75 Å². The molecule has 1 aromatic heterocycles. The van der Waals surface area contributed by atoms with Crippen molar-refractivity contribution in [3.05, 3.63) is 30.5 Å². The minimum Gasteiger partial charge on any atom is -0.486 e. The SMILES string of the molecule is O=C(COC(=O)CSc1ccc2c(c1)OCCO2)Nc1ccon1. The van der Waals surface area contributed by atoms with Gasteiger partial charge >= 0.3 is 5.97 Å². The van der Waals surface area contributed by atoms with Gasteiger partial charge in [0.1, 0.15) is 19.5 Å². The molecule has 1 aromatic carbocycles. The van der Waals surface area contributed by atoms with Gasteiger partial charge < -0.3 is 24.1 Å². The number of rotatable bonds is 6. The zero-order valence-electron chi connectivity index (χ0n) is 12.5. The van der Waals surface area contributed by atoms with Crippen LogP contribution >= 0.6 is 11.8 Å². The second-order valence-corrected chi connectivity index (χ2v) is 5.74. The van der Waals surface area contributed by atoms with Crippen molar-refractivity contribution >= 4 is 29.5 Å². The first-order chi connectivity index (χ1) is 11.7. The monoisotopic (exact) mass is 350 g/mol.